The minimum absolute atomic E-state index is 0.265. The van der Waals surface area contributed by atoms with E-state index in [-0.39, 0.29) is 6.54 Å². The van der Waals surface area contributed by atoms with Gasteiger partial charge in [-0.15, -0.1) is 0 Å². The topological polar surface area (TPSA) is 63.9 Å². The third kappa shape index (κ3) is 5.12. The molecular formula is C27H28N2O4. The molecule has 0 saturated heterocycles. The highest BCUT2D eigenvalue weighted by atomic mass is 16.5. The predicted octanol–water partition coefficient (Wildman–Crippen LogP) is 5.49. The van der Waals surface area contributed by atoms with Crippen LogP contribution in [0.3, 0.4) is 0 Å². The third-order valence-electron chi connectivity index (χ3n) is 5.77. The quantitative estimate of drug-likeness (QED) is 0.371. The molecule has 6 heteroatoms. The van der Waals surface area contributed by atoms with Gasteiger partial charge in [0, 0.05) is 30.7 Å². The zero-order chi connectivity index (χ0) is 23.2. The second-order valence-electron chi connectivity index (χ2n) is 7.96. The standard InChI is InChI=1S/C27H28N2O4/c1-28-17-22(15-16-29(27(30)31)18-21-11-6-7-13-24(21)32-2)26-23(28)12-8-14-25(26)33-19-20-9-4-3-5-10-20/h3-14,17H,15-16,18-19H2,1-2H3,(H,30,31). The van der Waals surface area contributed by atoms with E-state index in [1.54, 1.807) is 7.11 Å². The van der Waals surface area contributed by atoms with Gasteiger partial charge in [0.2, 0.25) is 0 Å². The van der Waals surface area contributed by atoms with Crippen LogP contribution in [0.5, 0.6) is 11.5 Å². The van der Waals surface area contributed by atoms with Gasteiger partial charge >= 0.3 is 6.09 Å². The zero-order valence-electron chi connectivity index (χ0n) is 18.9. The number of para-hydroxylation sites is 1. The zero-order valence-corrected chi connectivity index (χ0v) is 18.9. The fourth-order valence-electron chi connectivity index (χ4n) is 4.09. The van der Waals surface area contributed by atoms with Gasteiger partial charge in [0.1, 0.15) is 18.1 Å². The van der Waals surface area contributed by atoms with E-state index in [0.29, 0.717) is 25.3 Å². The van der Waals surface area contributed by atoms with Crippen molar-refractivity contribution in [3.05, 3.63) is 95.7 Å². The molecule has 6 nitrogen and oxygen atoms in total. The van der Waals surface area contributed by atoms with Crippen molar-refractivity contribution in [2.75, 3.05) is 13.7 Å². The van der Waals surface area contributed by atoms with Crippen LogP contribution >= 0.6 is 0 Å². The predicted molar refractivity (Wildman–Crippen MR) is 129 cm³/mol. The smallest absolute Gasteiger partial charge is 0.407 e. The van der Waals surface area contributed by atoms with Crippen LogP contribution in [-0.2, 0) is 26.6 Å². The number of ether oxygens (including phenoxy) is 2. The van der Waals surface area contributed by atoms with Crippen LogP contribution in [-0.4, -0.2) is 34.3 Å². The Bertz CT molecular complexity index is 1230. The van der Waals surface area contributed by atoms with Crippen LogP contribution in [0.15, 0.2) is 79.0 Å². The molecule has 4 rings (SSSR count). The molecule has 0 unspecified atom stereocenters. The normalized spacial score (nSPS) is 10.8. The Balaban J connectivity index is 1.55. The number of hydrogen-bond donors (Lipinski definition) is 1. The molecular weight excluding hydrogens is 416 g/mol. The van der Waals surface area contributed by atoms with Crippen molar-refractivity contribution < 1.29 is 19.4 Å². The van der Waals surface area contributed by atoms with Gasteiger partial charge in [-0.3, -0.25) is 0 Å². The van der Waals surface area contributed by atoms with Crippen LogP contribution in [0.1, 0.15) is 16.7 Å². The second-order valence-corrected chi connectivity index (χ2v) is 7.96. The first-order chi connectivity index (χ1) is 16.1. The van der Waals surface area contributed by atoms with Crippen molar-refractivity contribution in [2.45, 2.75) is 19.6 Å². The number of aromatic nitrogens is 1. The van der Waals surface area contributed by atoms with E-state index in [1.165, 1.54) is 4.90 Å². The number of carboxylic acid groups (broad SMARTS) is 1. The average molecular weight is 445 g/mol. The molecule has 0 fully saturated rings. The van der Waals surface area contributed by atoms with E-state index in [4.69, 9.17) is 9.47 Å². The molecule has 0 bridgehead atoms. The minimum atomic E-state index is -0.957. The first-order valence-electron chi connectivity index (χ1n) is 10.9. The first kappa shape index (κ1) is 22.3. The van der Waals surface area contributed by atoms with Crippen LogP contribution < -0.4 is 9.47 Å². The van der Waals surface area contributed by atoms with Crippen molar-refractivity contribution in [1.82, 2.24) is 9.47 Å². The molecule has 1 amide bonds. The van der Waals surface area contributed by atoms with E-state index >= 15 is 0 Å². The van der Waals surface area contributed by atoms with Crippen molar-refractivity contribution in [3.8, 4) is 11.5 Å². The number of benzene rings is 3. The molecule has 33 heavy (non-hydrogen) atoms. The van der Waals surface area contributed by atoms with Crippen LogP contribution in [0.4, 0.5) is 4.79 Å². The van der Waals surface area contributed by atoms with Crippen molar-refractivity contribution in [3.63, 3.8) is 0 Å². The summed E-state index contributed by atoms with van der Waals surface area (Å²) in [4.78, 5) is 13.4. The van der Waals surface area contributed by atoms with Gasteiger partial charge in [-0.25, -0.2) is 4.79 Å². The molecule has 0 aliphatic rings. The molecule has 3 aromatic carbocycles. The number of methoxy groups -OCH3 is 1. The molecule has 0 aliphatic carbocycles. The fraction of sp³-hybridized carbons (Fsp3) is 0.222. The van der Waals surface area contributed by atoms with Crippen molar-refractivity contribution >= 4 is 17.0 Å². The Morgan fingerprint density at radius 3 is 2.42 bits per heavy atom. The van der Waals surface area contributed by atoms with Gasteiger partial charge in [0.15, 0.2) is 0 Å². The Labute approximate surface area is 193 Å². The average Bonchev–Trinajstić information content (AvgIpc) is 3.17. The Morgan fingerprint density at radius 2 is 1.67 bits per heavy atom. The van der Waals surface area contributed by atoms with Crippen LogP contribution in [0, 0.1) is 0 Å². The maximum Gasteiger partial charge on any atom is 0.407 e. The number of aryl methyl sites for hydroxylation is 1. The molecule has 1 aromatic heterocycles. The maximum absolute atomic E-state index is 12.0. The molecule has 0 saturated carbocycles. The highest BCUT2D eigenvalue weighted by Gasteiger charge is 2.18. The molecule has 170 valence electrons. The highest BCUT2D eigenvalue weighted by Crippen LogP contribution is 2.31. The molecule has 1 N–H and O–H groups in total. The third-order valence-corrected chi connectivity index (χ3v) is 5.77. The lowest BCUT2D eigenvalue weighted by atomic mass is 10.1. The van der Waals surface area contributed by atoms with E-state index in [0.717, 1.165) is 33.3 Å². The first-order valence-corrected chi connectivity index (χ1v) is 10.9. The number of hydrogen-bond acceptors (Lipinski definition) is 3. The van der Waals surface area contributed by atoms with E-state index in [1.807, 2.05) is 73.8 Å². The minimum Gasteiger partial charge on any atom is -0.496 e. The summed E-state index contributed by atoms with van der Waals surface area (Å²) in [6, 6.07) is 23.6. The number of amides is 1. The monoisotopic (exact) mass is 444 g/mol. The summed E-state index contributed by atoms with van der Waals surface area (Å²) in [6.07, 6.45) is 1.68. The molecule has 1 heterocycles. The van der Waals surface area contributed by atoms with Gasteiger partial charge in [-0.1, -0.05) is 54.6 Å². The van der Waals surface area contributed by atoms with Gasteiger partial charge in [-0.2, -0.15) is 0 Å². The summed E-state index contributed by atoms with van der Waals surface area (Å²) < 4.78 is 13.6. The summed E-state index contributed by atoms with van der Waals surface area (Å²) in [6.45, 7) is 1.10. The number of rotatable bonds is 9. The van der Waals surface area contributed by atoms with Crippen molar-refractivity contribution in [1.29, 1.82) is 0 Å². The van der Waals surface area contributed by atoms with Crippen LogP contribution in [0.2, 0.25) is 0 Å². The second kappa shape index (κ2) is 10.1. The highest BCUT2D eigenvalue weighted by molar-refractivity contribution is 5.90. The molecule has 0 atom stereocenters. The summed E-state index contributed by atoms with van der Waals surface area (Å²) >= 11 is 0. The molecule has 0 radical (unpaired) electrons. The summed E-state index contributed by atoms with van der Waals surface area (Å²) in [5.74, 6) is 1.49. The van der Waals surface area contributed by atoms with Gasteiger partial charge in [-0.05, 0) is 35.7 Å². The Morgan fingerprint density at radius 1 is 0.939 bits per heavy atom. The summed E-state index contributed by atoms with van der Waals surface area (Å²) in [7, 11) is 3.59. The van der Waals surface area contributed by atoms with Gasteiger partial charge < -0.3 is 24.0 Å². The molecule has 4 aromatic rings. The largest absolute Gasteiger partial charge is 0.496 e. The SMILES string of the molecule is COc1ccccc1CN(CCc1cn(C)c2cccc(OCc3ccccc3)c12)C(=O)O. The number of nitrogens with zero attached hydrogens (tertiary/aromatic N) is 2. The van der Waals surface area contributed by atoms with E-state index < -0.39 is 6.09 Å². The number of fused-ring (bicyclic) bond motifs is 1. The molecule has 0 spiro atoms. The maximum atomic E-state index is 12.0. The van der Waals surface area contributed by atoms with E-state index in [2.05, 4.69) is 16.8 Å². The van der Waals surface area contributed by atoms with Crippen LogP contribution in [0.25, 0.3) is 10.9 Å². The number of carbonyl (C=O) groups is 1. The Hall–Kier alpha value is -3.93. The fourth-order valence-corrected chi connectivity index (χ4v) is 4.09. The lowest BCUT2D eigenvalue weighted by Crippen LogP contribution is -2.31. The van der Waals surface area contributed by atoms with E-state index in [9.17, 15) is 9.90 Å². The van der Waals surface area contributed by atoms with Gasteiger partial charge in [0.05, 0.1) is 19.2 Å². The lowest BCUT2D eigenvalue weighted by Gasteiger charge is -2.20. The lowest BCUT2D eigenvalue weighted by molar-refractivity contribution is 0.142. The summed E-state index contributed by atoms with van der Waals surface area (Å²) in [5.41, 5.74) is 4.05. The van der Waals surface area contributed by atoms with Crippen molar-refractivity contribution in [2.24, 2.45) is 7.05 Å². The molecule has 0 aliphatic heterocycles. The van der Waals surface area contributed by atoms with Gasteiger partial charge in [0.25, 0.3) is 0 Å². The Kier molecular flexibility index (Phi) is 6.83. The summed E-state index contributed by atoms with van der Waals surface area (Å²) in [5, 5.41) is 10.8.